The van der Waals surface area contributed by atoms with E-state index in [1.807, 2.05) is 19.1 Å². The van der Waals surface area contributed by atoms with Gasteiger partial charge in [0.1, 0.15) is 0 Å². The zero-order valence-corrected chi connectivity index (χ0v) is 17.3. The Morgan fingerprint density at radius 3 is 2.65 bits per heavy atom. The second kappa shape index (κ2) is 13.6. The highest BCUT2D eigenvalue weighted by molar-refractivity contribution is 14.0. The fourth-order valence-corrected chi connectivity index (χ4v) is 2.08. The number of halogens is 2. The van der Waals surface area contributed by atoms with Crippen LogP contribution in [0.25, 0.3) is 0 Å². The third-order valence-electron chi connectivity index (χ3n) is 2.70. The van der Waals surface area contributed by atoms with E-state index in [9.17, 15) is 4.79 Å². The van der Waals surface area contributed by atoms with Crippen molar-refractivity contribution in [3.8, 4) is 0 Å². The van der Waals surface area contributed by atoms with Crippen molar-refractivity contribution in [2.75, 3.05) is 39.9 Å². The van der Waals surface area contributed by atoms with E-state index in [0.717, 1.165) is 17.0 Å². The standard InChI is InChI=1S/C15H23BrN4O2.HI/c1-3-17-15(20-9-10-22-2)19-8-7-18-14(21)12-5-4-6-13(16)11-12;/h4-6,11H,3,7-10H2,1-2H3,(H,18,21)(H2,17,19,20);1H. The van der Waals surface area contributed by atoms with Gasteiger partial charge in [-0.25, -0.2) is 0 Å². The minimum Gasteiger partial charge on any atom is -0.383 e. The molecule has 0 aliphatic carbocycles. The molecule has 0 spiro atoms. The smallest absolute Gasteiger partial charge is 0.251 e. The van der Waals surface area contributed by atoms with Gasteiger partial charge in [-0.3, -0.25) is 9.79 Å². The van der Waals surface area contributed by atoms with E-state index in [2.05, 4.69) is 36.9 Å². The Hall–Kier alpha value is -0.870. The monoisotopic (exact) mass is 498 g/mol. The topological polar surface area (TPSA) is 74.8 Å². The maximum absolute atomic E-state index is 12.0. The molecule has 23 heavy (non-hydrogen) atoms. The van der Waals surface area contributed by atoms with Gasteiger partial charge in [0.15, 0.2) is 5.96 Å². The Morgan fingerprint density at radius 2 is 2.00 bits per heavy atom. The van der Waals surface area contributed by atoms with Crippen molar-refractivity contribution in [1.82, 2.24) is 16.0 Å². The summed E-state index contributed by atoms with van der Waals surface area (Å²) in [5, 5.41) is 9.15. The molecule has 0 atom stereocenters. The third kappa shape index (κ3) is 9.77. The number of hydrogen-bond donors (Lipinski definition) is 3. The number of hydrogen-bond acceptors (Lipinski definition) is 3. The Morgan fingerprint density at radius 1 is 1.26 bits per heavy atom. The molecule has 130 valence electrons. The van der Waals surface area contributed by atoms with Gasteiger partial charge in [0, 0.05) is 36.8 Å². The number of amides is 1. The first kappa shape index (κ1) is 22.1. The van der Waals surface area contributed by atoms with Crippen LogP contribution in [0.1, 0.15) is 17.3 Å². The molecule has 0 saturated heterocycles. The van der Waals surface area contributed by atoms with Crippen LogP contribution in [-0.4, -0.2) is 51.8 Å². The van der Waals surface area contributed by atoms with E-state index in [1.165, 1.54) is 0 Å². The quantitative estimate of drug-likeness (QED) is 0.222. The number of carbonyl (C=O) groups excluding carboxylic acids is 1. The normalized spacial score (nSPS) is 10.7. The number of carbonyl (C=O) groups is 1. The fraction of sp³-hybridized carbons (Fsp3) is 0.467. The Bertz CT molecular complexity index is 500. The Balaban J connectivity index is 0.00000484. The van der Waals surface area contributed by atoms with Crippen molar-refractivity contribution >= 4 is 51.8 Å². The third-order valence-corrected chi connectivity index (χ3v) is 3.19. The van der Waals surface area contributed by atoms with Crippen LogP contribution in [0.15, 0.2) is 33.7 Å². The van der Waals surface area contributed by atoms with Gasteiger partial charge in [0.25, 0.3) is 5.91 Å². The van der Waals surface area contributed by atoms with E-state index in [0.29, 0.717) is 31.8 Å². The zero-order valence-electron chi connectivity index (χ0n) is 13.4. The van der Waals surface area contributed by atoms with Crippen molar-refractivity contribution in [3.05, 3.63) is 34.3 Å². The van der Waals surface area contributed by atoms with Crippen LogP contribution < -0.4 is 16.0 Å². The van der Waals surface area contributed by atoms with Crippen LogP contribution in [0, 0.1) is 0 Å². The SMILES string of the molecule is CCNC(=NCCOC)NCCNC(=O)c1cccc(Br)c1.I. The van der Waals surface area contributed by atoms with E-state index < -0.39 is 0 Å². The average molecular weight is 499 g/mol. The average Bonchev–Trinajstić information content (AvgIpc) is 2.51. The van der Waals surface area contributed by atoms with Crippen LogP contribution in [0.4, 0.5) is 0 Å². The summed E-state index contributed by atoms with van der Waals surface area (Å²) >= 11 is 3.35. The minimum absolute atomic E-state index is 0. The lowest BCUT2D eigenvalue weighted by molar-refractivity contribution is 0.0954. The minimum atomic E-state index is -0.0931. The lowest BCUT2D eigenvalue weighted by atomic mass is 10.2. The molecule has 0 radical (unpaired) electrons. The second-order valence-corrected chi connectivity index (χ2v) is 5.36. The number of nitrogens with one attached hydrogen (secondary N) is 3. The van der Waals surface area contributed by atoms with Crippen molar-refractivity contribution in [3.63, 3.8) is 0 Å². The highest BCUT2D eigenvalue weighted by Gasteiger charge is 2.04. The first-order valence-corrected chi connectivity index (χ1v) is 8.01. The van der Waals surface area contributed by atoms with Gasteiger partial charge in [-0.1, -0.05) is 22.0 Å². The zero-order chi connectivity index (χ0) is 16.2. The summed E-state index contributed by atoms with van der Waals surface area (Å²) < 4.78 is 5.85. The summed E-state index contributed by atoms with van der Waals surface area (Å²) in [6.07, 6.45) is 0. The van der Waals surface area contributed by atoms with Crippen LogP contribution >= 0.6 is 39.9 Å². The van der Waals surface area contributed by atoms with Crippen molar-refractivity contribution in [2.24, 2.45) is 4.99 Å². The highest BCUT2D eigenvalue weighted by Crippen LogP contribution is 2.11. The van der Waals surface area contributed by atoms with Crippen LogP contribution in [-0.2, 0) is 4.74 Å². The molecule has 8 heteroatoms. The first-order chi connectivity index (χ1) is 10.7. The summed E-state index contributed by atoms with van der Waals surface area (Å²) in [4.78, 5) is 16.3. The lowest BCUT2D eigenvalue weighted by Crippen LogP contribution is -2.41. The van der Waals surface area contributed by atoms with Gasteiger partial charge in [-0.2, -0.15) is 0 Å². The Labute approximate surface area is 163 Å². The van der Waals surface area contributed by atoms with Gasteiger partial charge in [-0.05, 0) is 25.1 Å². The van der Waals surface area contributed by atoms with Gasteiger partial charge in [-0.15, -0.1) is 24.0 Å². The molecule has 0 aliphatic rings. The molecule has 0 aromatic heterocycles. The number of methoxy groups -OCH3 is 1. The molecule has 1 aromatic rings. The fourth-order valence-electron chi connectivity index (χ4n) is 1.68. The Kier molecular flexibility index (Phi) is 13.0. The molecule has 0 bridgehead atoms. The van der Waals surface area contributed by atoms with Gasteiger partial charge in [0.05, 0.1) is 13.2 Å². The van der Waals surface area contributed by atoms with Gasteiger partial charge in [0.2, 0.25) is 0 Å². The predicted octanol–water partition coefficient (Wildman–Crippen LogP) is 2.00. The van der Waals surface area contributed by atoms with Crippen LogP contribution in [0.2, 0.25) is 0 Å². The van der Waals surface area contributed by atoms with Crippen molar-refractivity contribution in [1.29, 1.82) is 0 Å². The van der Waals surface area contributed by atoms with Crippen molar-refractivity contribution in [2.45, 2.75) is 6.92 Å². The number of ether oxygens (including phenoxy) is 1. The number of guanidine groups is 1. The molecule has 0 saturated carbocycles. The largest absolute Gasteiger partial charge is 0.383 e. The summed E-state index contributed by atoms with van der Waals surface area (Å²) in [6.45, 7) is 5.07. The molecular formula is C15H24BrIN4O2. The van der Waals surface area contributed by atoms with Gasteiger partial charge < -0.3 is 20.7 Å². The number of nitrogens with zero attached hydrogens (tertiary/aromatic N) is 1. The highest BCUT2D eigenvalue weighted by atomic mass is 127. The molecule has 0 aliphatic heterocycles. The van der Waals surface area contributed by atoms with Crippen LogP contribution in [0.3, 0.4) is 0 Å². The summed E-state index contributed by atoms with van der Waals surface area (Å²) in [6, 6.07) is 7.29. The molecule has 0 unspecified atom stereocenters. The van der Waals surface area contributed by atoms with E-state index in [1.54, 1.807) is 19.2 Å². The molecule has 1 rings (SSSR count). The van der Waals surface area contributed by atoms with Gasteiger partial charge >= 0.3 is 0 Å². The number of benzene rings is 1. The molecular weight excluding hydrogens is 475 g/mol. The number of rotatable bonds is 8. The first-order valence-electron chi connectivity index (χ1n) is 7.22. The lowest BCUT2D eigenvalue weighted by Gasteiger charge is -2.12. The van der Waals surface area contributed by atoms with E-state index in [-0.39, 0.29) is 29.9 Å². The molecule has 6 nitrogen and oxygen atoms in total. The summed E-state index contributed by atoms with van der Waals surface area (Å²) in [5.41, 5.74) is 0.634. The summed E-state index contributed by atoms with van der Waals surface area (Å²) in [7, 11) is 1.65. The second-order valence-electron chi connectivity index (χ2n) is 4.45. The van der Waals surface area contributed by atoms with E-state index in [4.69, 9.17) is 4.74 Å². The molecule has 0 fully saturated rings. The maximum atomic E-state index is 12.0. The van der Waals surface area contributed by atoms with E-state index >= 15 is 0 Å². The predicted molar refractivity (Wildman–Crippen MR) is 108 cm³/mol. The molecule has 1 aromatic carbocycles. The van der Waals surface area contributed by atoms with Crippen LogP contribution in [0.5, 0.6) is 0 Å². The van der Waals surface area contributed by atoms with Crippen molar-refractivity contribution < 1.29 is 9.53 Å². The maximum Gasteiger partial charge on any atom is 0.251 e. The summed E-state index contributed by atoms with van der Waals surface area (Å²) in [5.74, 6) is 0.626. The molecule has 0 heterocycles. The number of aliphatic imine (C=N–C) groups is 1. The molecule has 1 amide bonds. The molecule has 3 N–H and O–H groups in total.